The molecule has 0 aromatic heterocycles. The third-order valence-corrected chi connectivity index (χ3v) is 7.12. The van der Waals surface area contributed by atoms with Crippen LogP contribution in [0.2, 0.25) is 0 Å². The Morgan fingerprint density at radius 1 is 0.419 bits per heavy atom. The highest BCUT2D eigenvalue weighted by Crippen LogP contribution is 2.21. The van der Waals surface area contributed by atoms with Crippen LogP contribution in [0.3, 0.4) is 0 Å². The monoisotopic (exact) mass is 434 g/mol. The molecule has 0 aliphatic carbocycles. The molecule has 184 valence electrons. The second kappa shape index (κ2) is 21.2. The molecular weight excluding hydrogens is 376 g/mol. The minimum Gasteiger partial charge on any atom is -0.356 e. The van der Waals surface area contributed by atoms with Crippen molar-refractivity contribution in [2.75, 3.05) is 13.1 Å². The summed E-state index contributed by atoms with van der Waals surface area (Å²) in [6.07, 6.45) is 35.2. The second-order valence-corrected chi connectivity index (χ2v) is 10.0. The smallest absolute Gasteiger partial charge is 0.100 e. The lowest BCUT2D eigenvalue weighted by molar-refractivity contribution is 0.144. The molecule has 0 bridgehead atoms. The van der Waals surface area contributed by atoms with E-state index < -0.39 is 0 Å². The summed E-state index contributed by atoms with van der Waals surface area (Å²) >= 11 is 0. The van der Waals surface area contributed by atoms with Crippen molar-refractivity contribution >= 4 is 0 Å². The predicted octanol–water partition coefficient (Wildman–Crippen LogP) is 9.65. The van der Waals surface area contributed by atoms with E-state index in [1.165, 1.54) is 148 Å². The Hall–Kier alpha value is -0.660. The molecule has 2 nitrogen and oxygen atoms in total. The van der Waals surface area contributed by atoms with Gasteiger partial charge < -0.3 is 9.80 Å². The molecule has 0 saturated heterocycles. The van der Waals surface area contributed by atoms with Gasteiger partial charge in [-0.15, -0.1) is 0 Å². The highest BCUT2D eigenvalue weighted by atomic mass is 15.4. The largest absolute Gasteiger partial charge is 0.356 e. The van der Waals surface area contributed by atoms with E-state index in [2.05, 4.69) is 43.0 Å². The minimum absolute atomic E-state index is 0.623. The van der Waals surface area contributed by atoms with E-state index in [0.29, 0.717) is 6.17 Å². The van der Waals surface area contributed by atoms with E-state index in [1.54, 1.807) is 0 Å². The van der Waals surface area contributed by atoms with E-state index >= 15 is 0 Å². The molecule has 1 aliphatic heterocycles. The fraction of sp³-hybridized carbons (Fsp3) is 0.931. The van der Waals surface area contributed by atoms with Gasteiger partial charge in [0.25, 0.3) is 0 Å². The summed E-state index contributed by atoms with van der Waals surface area (Å²) in [6.45, 7) is 9.43. The van der Waals surface area contributed by atoms with Crippen LogP contribution in [0.4, 0.5) is 0 Å². The lowest BCUT2D eigenvalue weighted by Crippen LogP contribution is -2.38. The van der Waals surface area contributed by atoms with Crippen molar-refractivity contribution in [2.45, 2.75) is 162 Å². The molecule has 0 amide bonds. The molecule has 0 spiro atoms. The number of unbranched alkanes of at least 4 members (excludes halogenated alkanes) is 18. The van der Waals surface area contributed by atoms with E-state index in [9.17, 15) is 0 Å². The van der Waals surface area contributed by atoms with Crippen LogP contribution in [0.1, 0.15) is 156 Å². The molecule has 1 aliphatic rings. The van der Waals surface area contributed by atoms with Gasteiger partial charge in [-0.25, -0.2) is 0 Å². The number of nitrogens with zero attached hydrogens (tertiary/aromatic N) is 2. The summed E-state index contributed by atoms with van der Waals surface area (Å²) in [5.74, 6) is 0. The Bertz CT molecular complexity index is 392. The Kier molecular flexibility index (Phi) is 19.4. The van der Waals surface area contributed by atoms with E-state index in [4.69, 9.17) is 0 Å². The quantitative estimate of drug-likeness (QED) is 0.148. The van der Waals surface area contributed by atoms with Crippen molar-refractivity contribution in [3.63, 3.8) is 0 Å². The van der Waals surface area contributed by atoms with Gasteiger partial charge in [-0.05, 0) is 19.3 Å². The maximum absolute atomic E-state index is 2.60. The highest BCUT2D eigenvalue weighted by Gasteiger charge is 2.23. The third kappa shape index (κ3) is 14.9. The number of rotatable bonds is 23. The third-order valence-electron chi connectivity index (χ3n) is 7.12. The van der Waals surface area contributed by atoms with Gasteiger partial charge in [0.2, 0.25) is 0 Å². The molecule has 0 aromatic carbocycles. The van der Waals surface area contributed by atoms with Crippen LogP contribution in [-0.4, -0.2) is 29.1 Å². The second-order valence-electron chi connectivity index (χ2n) is 10.0. The van der Waals surface area contributed by atoms with E-state index in [1.807, 2.05) is 0 Å². The molecule has 31 heavy (non-hydrogen) atoms. The van der Waals surface area contributed by atoms with Crippen LogP contribution in [-0.2, 0) is 0 Å². The summed E-state index contributed by atoms with van der Waals surface area (Å²) in [5, 5.41) is 0. The van der Waals surface area contributed by atoms with Crippen molar-refractivity contribution in [3.8, 4) is 0 Å². The minimum atomic E-state index is 0.623. The lowest BCUT2D eigenvalue weighted by Gasteiger charge is -2.32. The highest BCUT2D eigenvalue weighted by molar-refractivity contribution is 4.96. The summed E-state index contributed by atoms with van der Waals surface area (Å²) in [5.41, 5.74) is 0. The first-order valence-corrected chi connectivity index (χ1v) is 14.5. The zero-order valence-corrected chi connectivity index (χ0v) is 21.9. The van der Waals surface area contributed by atoms with Crippen LogP contribution in [0.5, 0.6) is 0 Å². The molecule has 0 aromatic rings. The Morgan fingerprint density at radius 2 is 0.710 bits per heavy atom. The summed E-state index contributed by atoms with van der Waals surface area (Å²) in [7, 11) is 0. The molecule has 0 fully saturated rings. The molecule has 0 saturated carbocycles. The van der Waals surface area contributed by atoms with Crippen LogP contribution < -0.4 is 0 Å². The van der Waals surface area contributed by atoms with Crippen molar-refractivity contribution < 1.29 is 0 Å². The predicted molar refractivity (Wildman–Crippen MR) is 140 cm³/mol. The summed E-state index contributed by atoms with van der Waals surface area (Å²) in [6, 6.07) is 0. The first-order chi connectivity index (χ1) is 15.3. The molecule has 2 heteroatoms. The average Bonchev–Trinajstić information content (AvgIpc) is 3.18. The molecule has 0 radical (unpaired) electrons. The van der Waals surface area contributed by atoms with Crippen molar-refractivity contribution in [3.05, 3.63) is 12.4 Å². The first-order valence-electron chi connectivity index (χ1n) is 14.5. The normalized spacial score (nSPS) is 16.0. The molecule has 1 atom stereocenters. The topological polar surface area (TPSA) is 6.48 Å². The molecule has 1 rings (SSSR count). The number of hydrogen-bond donors (Lipinski definition) is 0. The number of hydrogen-bond acceptors (Lipinski definition) is 2. The van der Waals surface area contributed by atoms with Gasteiger partial charge in [0.05, 0.1) is 0 Å². The Morgan fingerprint density at radius 3 is 1.03 bits per heavy atom. The van der Waals surface area contributed by atoms with Crippen LogP contribution in [0, 0.1) is 0 Å². The van der Waals surface area contributed by atoms with E-state index in [-0.39, 0.29) is 0 Å². The first kappa shape index (κ1) is 28.4. The van der Waals surface area contributed by atoms with E-state index in [0.717, 1.165) is 0 Å². The van der Waals surface area contributed by atoms with Crippen LogP contribution in [0.15, 0.2) is 12.4 Å². The molecule has 1 unspecified atom stereocenters. The molecular formula is C29H58N2. The zero-order valence-electron chi connectivity index (χ0n) is 21.9. The molecule has 1 heterocycles. The molecule has 0 N–H and O–H groups in total. The van der Waals surface area contributed by atoms with Gasteiger partial charge in [0.1, 0.15) is 6.17 Å². The maximum atomic E-state index is 2.60. The summed E-state index contributed by atoms with van der Waals surface area (Å²) in [4.78, 5) is 5.19. The van der Waals surface area contributed by atoms with Crippen molar-refractivity contribution in [1.82, 2.24) is 9.80 Å². The SMILES string of the molecule is CCCCCCCCCCCCCCCCCCN1C=CN(CCCCCC)C1CC. The zero-order chi connectivity index (χ0) is 22.4. The van der Waals surface area contributed by atoms with Gasteiger partial charge in [-0.2, -0.15) is 0 Å². The van der Waals surface area contributed by atoms with Crippen molar-refractivity contribution in [1.29, 1.82) is 0 Å². The van der Waals surface area contributed by atoms with Gasteiger partial charge in [0.15, 0.2) is 0 Å². The van der Waals surface area contributed by atoms with Gasteiger partial charge in [-0.3, -0.25) is 0 Å². The fourth-order valence-corrected chi connectivity index (χ4v) is 5.04. The van der Waals surface area contributed by atoms with Crippen LogP contribution in [0.25, 0.3) is 0 Å². The van der Waals surface area contributed by atoms with Crippen LogP contribution >= 0.6 is 0 Å². The van der Waals surface area contributed by atoms with Gasteiger partial charge in [0, 0.05) is 25.5 Å². The Labute approximate surface area is 197 Å². The van der Waals surface area contributed by atoms with Crippen molar-refractivity contribution in [2.24, 2.45) is 0 Å². The van der Waals surface area contributed by atoms with Gasteiger partial charge >= 0.3 is 0 Å². The maximum Gasteiger partial charge on any atom is 0.100 e. The van der Waals surface area contributed by atoms with Gasteiger partial charge in [-0.1, -0.05) is 136 Å². The lowest BCUT2D eigenvalue weighted by atomic mass is 10.0. The standard InChI is InChI=1S/C29H58N2/c1-4-7-9-11-12-13-14-15-16-17-18-19-20-21-22-24-26-31-28-27-30(29(31)6-3)25-23-10-8-5-2/h27-29H,4-26H2,1-3H3. The summed E-state index contributed by atoms with van der Waals surface area (Å²) < 4.78 is 0. The fourth-order valence-electron chi connectivity index (χ4n) is 5.04. The average molecular weight is 435 g/mol. The Balaban J connectivity index is 1.87.